The number of hydrogen-bond acceptors (Lipinski definition) is 6. The molecule has 31 heavy (non-hydrogen) atoms. The fraction of sp³-hybridized carbons (Fsp3) is 0.435. The third-order valence-corrected chi connectivity index (χ3v) is 6.53. The van der Waals surface area contributed by atoms with Gasteiger partial charge in [-0.1, -0.05) is 29.8 Å². The number of hydrogen-bond donors (Lipinski definition) is 2. The highest BCUT2D eigenvalue weighted by Crippen LogP contribution is 2.40. The van der Waals surface area contributed by atoms with E-state index in [1.807, 2.05) is 43.0 Å². The van der Waals surface area contributed by atoms with Crippen molar-refractivity contribution in [3.8, 4) is 11.1 Å². The van der Waals surface area contributed by atoms with Crippen molar-refractivity contribution in [2.24, 2.45) is 11.7 Å². The third kappa shape index (κ3) is 5.51. The van der Waals surface area contributed by atoms with E-state index in [0.717, 1.165) is 21.6 Å². The highest BCUT2D eigenvalue weighted by molar-refractivity contribution is 7.17. The summed E-state index contributed by atoms with van der Waals surface area (Å²) in [4.78, 5) is 39.8. The zero-order valence-electron chi connectivity index (χ0n) is 18.2. The van der Waals surface area contributed by atoms with Gasteiger partial charge >= 0.3 is 5.97 Å². The van der Waals surface area contributed by atoms with E-state index < -0.39 is 5.97 Å². The normalized spacial score (nSPS) is 14.9. The zero-order valence-corrected chi connectivity index (χ0v) is 19.0. The Kier molecular flexibility index (Phi) is 7.46. The van der Waals surface area contributed by atoms with Gasteiger partial charge in [0.15, 0.2) is 0 Å². The zero-order chi connectivity index (χ0) is 22.5. The average molecular weight is 444 g/mol. The van der Waals surface area contributed by atoms with Gasteiger partial charge in [0.05, 0.1) is 13.2 Å². The van der Waals surface area contributed by atoms with Gasteiger partial charge in [0.1, 0.15) is 10.6 Å². The number of nitrogens with one attached hydrogen (secondary N) is 1. The third-order valence-electron chi connectivity index (χ3n) is 5.51. The molecule has 1 aliphatic heterocycles. The first-order valence-electron chi connectivity index (χ1n) is 10.5. The molecule has 1 saturated heterocycles. The van der Waals surface area contributed by atoms with E-state index >= 15 is 0 Å². The summed E-state index contributed by atoms with van der Waals surface area (Å²) in [6.07, 6.45) is 1.32. The molecule has 2 aromatic rings. The number of rotatable bonds is 7. The Bertz CT molecular complexity index is 960. The maximum absolute atomic E-state index is 12.8. The van der Waals surface area contributed by atoms with Crippen LogP contribution < -0.4 is 11.1 Å². The number of anilines is 1. The number of carbonyl (C=O) groups is 3. The summed E-state index contributed by atoms with van der Waals surface area (Å²) in [6.45, 7) is 7.44. The minimum atomic E-state index is -0.444. The second kappa shape index (κ2) is 10.1. The molecule has 7 nitrogen and oxygen atoms in total. The summed E-state index contributed by atoms with van der Waals surface area (Å²) >= 11 is 1.38. The van der Waals surface area contributed by atoms with Crippen molar-refractivity contribution in [3.63, 3.8) is 0 Å². The first kappa shape index (κ1) is 23.0. The lowest BCUT2D eigenvalue weighted by Gasteiger charge is -2.29. The van der Waals surface area contributed by atoms with E-state index in [1.165, 1.54) is 11.3 Å². The SMILES string of the molecule is CCOC(=O)c1c(NC(=O)CN2CCC(C(N)=O)CC2)sc(C)c1-c1ccc(C)cc1. The highest BCUT2D eigenvalue weighted by Gasteiger charge is 2.27. The van der Waals surface area contributed by atoms with Crippen molar-refractivity contribution in [1.29, 1.82) is 0 Å². The molecule has 0 saturated carbocycles. The molecule has 0 atom stereocenters. The lowest BCUT2D eigenvalue weighted by atomic mass is 9.96. The van der Waals surface area contributed by atoms with E-state index in [-0.39, 0.29) is 30.9 Å². The number of benzene rings is 1. The molecule has 0 radical (unpaired) electrons. The van der Waals surface area contributed by atoms with Gasteiger partial charge in [-0.15, -0.1) is 11.3 Å². The number of aryl methyl sites for hydroxylation is 2. The smallest absolute Gasteiger partial charge is 0.341 e. The van der Waals surface area contributed by atoms with Crippen molar-refractivity contribution in [3.05, 3.63) is 40.3 Å². The molecular formula is C23H29N3O4S. The van der Waals surface area contributed by atoms with Crippen LogP contribution in [-0.2, 0) is 14.3 Å². The van der Waals surface area contributed by atoms with Crippen molar-refractivity contribution >= 4 is 34.1 Å². The molecule has 0 bridgehead atoms. The highest BCUT2D eigenvalue weighted by atomic mass is 32.1. The molecule has 166 valence electrons. The predicted molar refractivity (Wildman–Crippen MR) is 122 cm³/mol. The fourth-order valence-electron chi connectivity index (χ4n) is 3.84. The largest absolute Gasteiger partial charge is 0.462 e. The van der Waals surface area contributed by atoms with Crippen LogP contribution in [0.25, 0.3) is 11.1 Å². The van der Waals surface area contributed by atoms with Crippen LogP contribution in [0.1, 0.15) is 40.6 Å². The Morgan fingerprint density at radius 2 is 1.81 bits per heavy atom. The number of nitrogens with zero attached hydrogens (tertiary/aromatic N) is 1. The molecule has 3 rings (SSSR count). The molecule has 8 heteroatoms. The molecule has 2 amide bonds. The van der Waals surface area contributed by atoms with Gasteiger partial charge in [-0.05, 0) is 52.3 Å². The number of nitrogens with two attached hydrogens (primary N) is 1. The van der Waals surface area contributed by atoms with Crippen molar-refractivity contribution in [2.75, 3.05) is 31.6 Å². The maximum atomic E-state index is 12.8. The summed E-state index contributed by atoms with van der Waals surface area (Å²) in [5.41, 5.74) is 8.61. The molecule has 1 aliphatic rings. The summed E-state index contributed by atoms with van der Waals surface area (Å²) in [6, 6.07) is 7.94. The van der Waals surface area contributed by atoms with Crippen LogP contribution in [0, 0.1) is 19.8 Å². The van der Waals surface area contributed by atoms with E-state index in [0.29, 0.717) is 36.5 Å². The summed E-state index contributed by atoms with van der Waals surface area (Å²) in [5.74, 6) is -1.03. The van der Waals surface area contributed by atoms with E-state index in [2.05, 4.69) is 5.32 Å². The molecule has 1 fully saturated rings. The Hall–Kier alpha value is -2.71. The standard InChI is InChI=1S/C23H29N3O4S/c1-4-30-23(29)20-19(16-7-5-14(2)6-8-16)15(3)31-22(20)25-18(27)13-26-11-9-17(10-12-26)21(24)28/h5-8,17H,4,9-13H2,1-3H3,(H2,24,28)(H,25,27). The molecule has 3 N–H and O–H groups in total. The Balaban J connectivity index is 1.79. The predicted octanol–water partition coefficient (Wildman–Crippen LogP) is 3.34. The summed E-state index contributed by atoms with van der Waals surface area (Å²) < 4.78 is 5.30. The van der Waals surface area contributed by atoms with E-state index in [4.69, 9.17) is 10.5 Å². The van der Waals surface area contributed by atoms with Gasteiger partial charge in [-0.25, -0.2) is 4.79 Å². The number of carbonyl (C=O) groups excluding carboxylic acids is 3. The van der Waals surface area contributed by atoms with Crippen LogP contribution in [0.15, 0.2) is 24.3 Å². The molecule has 0 aliphatic carbocycles. The van der Waals surface area contributed by atoms with Crippen LogP contribution in [0.5, 0.6) is 0 Å². The van der Waals surface area contributed by atoms with Gasteiger partial charge in [-0.3, -0.25) is 14.5 Å². The monoisotopic (exact) mass is 443 g/mol. The summed E-state index contributed by atoms with van der Waals surface area (Å²) in [7, 11) is 0. The van der Waals surface area contributed by atoms with Crippen molar-refractivity contribution in [2.45, 2.75) is 33.6 Å². The average Bonchev–Trinajstić information content (AvgIpc) is 3.04. The van der Waals surface area contributed by atoms with Crippen molar-refractivity contribution < 1.29 is 19.1 Å². The second-order valence-corrected chi connectivity index (χ2v) is 9.05. The number of ether oxygens (including phenoxy) is 1. The molecule has 0 spiro atoms. The lowest BCUT2D eigenvalue weighted by molar-refractivity contribution is -0.123. The molecular weight excluding hydrogens is 414 g/mol. The Labute approximate surface area is 186 Å². The Morgan fingerprint density at radius 1 is 1.16 bits per heavy atom. The molecule has 2 heterocycles. The van der Waals surface area contributed by atoms with Crippen LogP contribution in [0.4, 0.5) is 5.00 Å². The number of likely N-dealkylation sites (tertiary alicyclic amines) is 1. The molecule has 1 aromatic carbocycles. The van der Waals surface area contributed by atoms with Crippen LogP contribution in [0.2, 0.25) is 0 Å². The quantitative estimate of drug-likeness (QED) is 0.639. The van der Waals surface area contributed by atoms with Crippen LogP contribution >= 0.6 is 11.3 Å². The number of primary amides is 1. The van der Waals surface area contributed by atoms with E-state index in [1.54, 1.807) is 6.92 Å². The minimum Gasteiger partial charge on any atom is -0.462 e. The molecule has 1 aromatic heterocycles. The minimum absolute atomic E-state index is 0.119. The number of thiophene rings is 1. The topological polar surface area (TPSA) is 102 Å². The second-order valence-electron chi connectivity index (χ2n) is 7.82. The maximum Gasteiger partial charge on any atom is 0.341 e. The van der Waals surface area contributed by atoms with Gasteiger partial charge in [-0.2, -0.15) is 0 Å². The Morgan fingerprint density at radius 3 is 2.39 bits per heavy atom. The van der Waals surface area contributed by atoms with Gasteiger partial charge < -0.3 is 15.8 Å². The van der Waals surface area contributed by atoms with Crippen LogP contribution in [0.3, 0.4) is 0 Å². The lowest BCUT2D eigenvalue weighted by Crippen LogP contribution is -2.42. The molecule has 0 unspecified atom stereocenters. The van der Waals surface area contributed by atoms with Gasteiger partial charge in [0.25, 0.3) is 0 Å². The van der Waals surface area contributed by atoms with Gasteiger partial charge in [0, 0.05) is 16.4 Å². The van der Waals surface area contributed by atoms with E-state index in [9.17, 15) is 14.4 Å². The number of piperidine rings is 1. The van der Waals surface area contributed by atoms with Gasteiger partial charge in [0.2, 0.25) is 11.8 Å². The summed E-state index contributed by atoms with van der Waals surface area (Å²) in [5, 5.41) is 3.42. The first-order chi connectivity index (χ1) is 14.8. The van der Waals surface area contributed by atoms with Crippen LogP contribution in [-0.4, -0.2) is 48.9 Å². The first-order valence-corrected chi connectivity index (χ1v) is 11.3. The number of esters is 1. The number of amides is 2. The fourth-order valence-corrected chi connectivity index (χ4v) is 4.92. The van der Waals surface area contributed by atoms with Crippen molar-refractivity contribution in [1.82, 2.24) is 4.90 Å².